The summed E-state index contributed by atoms with van der Waals surface area (Å²) in [5.74, 6) is -0.905. The lowest BCUT2D eigenvalue weighted by Gasteiger charge is -2.16. The molecule has 0 aliphatic carbocycles. The molecule has 0 aliphatic heterocycles. The molecule has 4 heteroatoms. The first kappa shape index (κ1) is 24.2. The van der Waals surface area contributed by atoms with Crippen molar-refractivity contribution in [1.82, 2.24) is 0 Å². The number of hydrogen-bond acceptors (Lipinski definition) is 4. The quantitative estimate of drug-likeness (QED) is 0.261. The third kappa shape index (κ3) is 9.38. The second kappa shape index (κ2) is 14.2. The van der Waals surface area contributed by atoms with Crippen LogP contribution in [0.2, 0.25) is 0 Å². The van der Waals surface area contributed by atoms with Gasteiger partial charge in [-0.05, 0) is 51.7 Å². The third-order valence-corrected chi connectivity index (χ3v) is 4.91. The van der Waals surface area contributed by atoms with E-state index < -0.39 is 11.9 Å². The van der Waals surface area contributed by atoms with Gasteiger partial charge in [0.05, 0.1) is 23.3 Å². The maximum absolute atomic E-state index is 12.6. The third-order valence-electron chi connectivity index (χ3n) is 4.91. The van der Waals surface area contributed by atoms with Gasteiger partial charge in [-0.1, -0.05) is 64.5 Å². The molecule has 1 rings (SSSR count). The molecular weight excluding hydrogens is 352 g/mol. The van der Waals surface area contributed by atoms with Crippen molar-refractivity contribution in [2.75, 3.05) is 0 Å². The Labute approximate surface area is 171 Å². The van der Waals surface area contributed by atoms with Crippen LogP contribution >= 0.6 is 0 Å². The van der Waals surface area contributed by atoms with E-state index in [1.165, 1.54) is 25.7 Å². The maximum Gasteiger partial charge on any atom is 0.339 e. The summed E-state index contributed by atoms with van der Waals surface area (Å²) in [5.41, 5.74) is 0.567. The minimum atomic E-state index is -0.453. The fraction of sp³-hybridized carbons (Fsp3) is 0.667. The predicted molar refractivity (Wildman–Crippen MR) is 114 cm³/mol. The second-order valence-corrected chi connectivity index (χ2v) is 7.68. The zero-order chi connectivity index (χ0) is 20.8. The van der Waals surface area contributed by atoms with Crippen molar-refractivity contribution in [2.45, 2.75) is 104 Å². The van der Waals surface area contributed by atoms with Gasteiger partial charge in [0.25, 0.3) is 0 Å². The minimum Gasteiger partial charge on any atom is -0.459 e. The average Bonchev–Trinajstić information content (AvgIpc) is 2.68. The Morgan fingerprint density at radius 2 is 1.11 bits per heavy atom. The van der Waals surface area contributed by atoms with Crippen molar-refractivity contribution in [3.8, 4) is 0 Å². The van der Waals surface area contributed by atoms with E-state index in [1.54, 1.807) is 24.3 Å². The van der Waals surface area contributed by atoms with E-state index >= 15 is 0 Å². The predicted octanol–water partition coefficient (Wildman–Crippen LogP) is 6.72. The van der Waals surface area contributed by atoms with Crippen LogP contribution in [-0.2, 0) is 9.47 Å². The van der Waals surface area contributed by atoms with Crippen LogP contribution < -0.4 is 0 Å². The number of esters is 2. The molecule has 0 spiro atoms. The largest absolute Gasteiger partial charge is 0.459 e. The van der Waals surface area contributed by atoms with Crippen molar-refractivity contribution >= 4 is 11.9 Å². The van der Waals surface area contributed by atoms with Crippen LogP contribution in [-0.4, -0.2) is 24.1 Å². The molecule has 0 radical (unpaired) electrons. The first-order valence-electron chi connectivity index (χ1n) is 11.0. The molecule has 0 heterocycles. The summed E-state index contributed by atoms with van der Waals surface area (Å²) < 4.78 is 11.1. The van der Waals surface area contributed by atoms with Gasteiger partial charge in [0, 0.05) is 0 Å². The van der Waals surface area contributed by atoms with Gasteiger partial charge < -0.3 is 9.47 Å². The number of ether oxygens (including phenoxy) is 2. The summed E-state index contributed by atoms with van der Waals surface area (Å²) in [6.45, 7) is 8.16. The SMILES string of the molecule is CCCCCC[C@@H](C)OC(=O)c1ccccc1C(=O)O[C@H](C)CCCCCC. The maximum atomic E-state index is 12.6. The van der Waals surface area contributed by atoms with Crippen LogP contribution in [0.1, 0.15) is 113 Å². The standard InChI is InChI=1S/C24H38O4/c1-5-7-9-11-15-19(3)27-23(25)21-17-13-14-18-22(21)24(26)28-20(4)16-12-10-8-6-2/h13-14,17-20H,5-12,15-16H2,1-4H3/t19-,20-/m1/s1. The van der Waals surface area contributed by atoms with Crippen LogP contribution in [0.15, 0.2) is 24.3 Å². The number of unbranched alkanes of at least 4 members (excludes halogenated alkanes) is 6. The van der Waals surface area contributed by atoms with Crippen LogP contribution in [0.3, 0.4) is 0 Å². The van der Waals surface area contributed by atoms with Gasteiger partial charge in [0.15, 0.2) is 0 Å². The number of carbonyl (C=O) groups excluding carboxylic acids is 2. The van der Waals surface area contributed by atoms with Gasteiger partial charge in [0.2, 0.25) is 0 Å². The van der Waals surface area contributed by atoms with Crippen LogP contribution in [0.5, 0.6) is 0 Å². The highest BCUT2D eigenvalue weighted by atomic mass is 16.5. The van der Waals surface area contributed by atoms with Gasteiger partial charge in [0.1, 0.15) is 0 Å². The molecule has 0 bridgehead atoms. The lowest BCUT2D eigenvalue weighted by Crippen LogP contribution is -2.20. The Morgan fingerprint density at radius 3 is 1.46 bits per heavy atom. The molecule has 158 valence electrons. The lowest BCUT2D eigenvalue weighted by atomic mass is 10.1. The highest BCUT2D eigenvalue weighted by Crippen LogP contribution is 2.17. The molecule has 0 unspecified atom stereocenters. The minimum absolute atomic E-state index is 0.161. The van der Waals surface area contributed by atoms with E-state index in [1.807, 2.05) is 13.8 Å². The van der Waals surface area contributed by atoms with E-state index in [-0.39, 0.29) is 23.3 Å². The van der Waals surface area contributed by atoms with Gasteiger partial charge in [-0.25, -0.2) is 9.59 Å². The molecule has 0 N–H and O–H groups in total. The first-order chi connectivity index (χ1) is 13.5. The van der Waals surface area contributed by atoms with E-state index in [0.29, 0.717) is 0 Å². The van der Waals surface area contributed by atoms with Crippen molar-refractivity contribution in [1.29, 1.82) is 0 Å². The summed E-state index contributed by atoms with van der Waals surface area (Å²) in [5, 5.41) is 0. The summed E-state index contributed by atoms with van der Waals surface area (Å²) >= 11 is 0. The molecule has 0 aromatic heterocycles. The molecule has 2 atom stereocenters. The van der Waals surface area contributed by atoms with Gasteiger partial charge >= 0.3 is 11.9 Å². The van der Waals surface area contributed by atoms with E-state index in [0.717, 1.165) is 38.5 Å². The van der Waals surface area contributed by atoms with E-state index in [4.69, 9.17) is 9.47 Å². The molecule has 4 nitrogen and oxygen atoms in total. The molecule has 0 amide bonds. The van der Waals surface area contributed by atoms with Crippen LogP contribution in [0.25, 0.3) is 0 Å². The number of benzene rings is 1. The monoisotopic (exact) mass is 390 g/mol. The highest BCUT2D eigenvalue weighted by Gasteiger charge is 2.21. The fourth-order valence-corrected chi connectivity index (χ4v) is 3.17. The van der Waals surface area contributed by atoms with Crippen molar-refractivity contribution in [3.05, 3.63) is 35.4 Å². The molecule has 0 saturated carbocycles. The summed E-state index contributed by atoms with van der Waals surface area (Å²) in [6.07, 6.45) is 10.5. The van der Waals surface area contributed by atoms with Crippen LogP contribution in [0.4, 0.5) is 0 Å². The zero-order valence-corrected chi connectivity index (χ0v) is 18.2. The number of carbonyl (C=O) groups is 2. The first-order valence-corrected chi connectivity index (χ1v) is 11.0. The Balaban J connectivity index is 2.60. The van der Waals surface area contributed by atoms with Gasteiger partial charge in [-0.15, -0.1) is 0 Å². The lowest BCUT2D eigenvalue weighted by molar-refractivity contribution is 0.0270. The molecule has 1 aromatic rings. The Bertz CT molecular complexity index is 531. The van der Waals surface area contributed by atoms with E-state index in [9.17, 15) is 9.59 Å². The average molecular weight is 391 g/mol. The van der Waals surface area contributed by atoms with Crippen molar-refractivity contribution in [3.63, 3.8) is 0 Å². The molecule has 1 aromatic carbocycles. The van der Waals surface area contributed by atoms with Gasteiger partial charge in [-0.3, -0.25) is 0 Å². The molecule has 0 fully saturated rings. The zero-order valence-electron chi connectivity index (χ0n) is 18.2. The number of rotatable bonds is 14. The molecule has 28 heavy (non-hydrogen) atoms. The van der Waals surface area contributed by atoms with Crippen molar-refractivity contribution < 1.29 is 19.1 Å². The molecule has 0 aliphatic rings. The van der Waals surface area contributed by atoms with Crippen molar-refractivity contribution in [2.24, 2.45) is 0 Å². The van der Waals surface area contributed by atoms with Crippen LogP contribution in [0, 0.1) is 0 Å². The normalized spacial score (nSPS) is 13.0. The Kier molecular flexibility index (Phi) is 12.3. The summed E-state index contributed by atoms with van der Waals surface area (Å²) in [6, 6.07) is 6.75. The molecular formula is C24H38O4. The fourth-order valence-electron chi connectivity index (χ4n) is 3.17. The molecule has 0 saturated heterocycles. The topological polar surface area (TPSA) is 52.6 Å². The summed E-state index contributed by atoms with van der Waals surface area (Å²) in [4.78, 5) is 25.1. The van der Waals surface area contributed by atoms with Gasteiger partial charge in [-0.2, -0.15) is 0 Å². The Morgan fingerprint density at radius 1 is 0.714 bits per heavy atom. The smallest absolute Gasteiger partial charge is 0.339 e. The second-order valence-electron chi connectivity index (χ2n) is 7.68. The Hall–Kier alpha value is -1.84. The summed E-state index contributed by atoms with van der Waals surface area (Å²) in [7, 11) is 0. The van der Waals surface area contributed by atoms with E-state index in [2.05, 4.69) is 13.8 Å². The number of hydrogen-bond donors (Lipinski definition) is 0. The highest BCUT2D eigenvalue weighted by molar-refractivity contribution is 6.03.